The van der Waals surface area contributed by atoms with E-state index < -0.39 is 0 Å². The lowest BCUT2D eigenvalue weighted by Crippen LogP contribution is -2.23. The van der Waals surface area contributed by atoms with Gasteiger partial charge in [0, 0.05) is 30.4 Å². The van der Waals surface area contributed by atoms with E-state index in [1.165, 1.54) is 36.0 Å². The molecule has 2 heterocycles. The van der Waals surface area contributed by atoms with Crippen LogP contribution >= 0.6 is 12.4 Å². The summed E-state index contributed by atoms with van der Waals surface area (Å²) in [7, 11) is 0. The molecule has 1 fully saturated rings. The normalized spacial score (nSPS) is 17.5. The molecule has 1 aromatic heterocycles. The first-order valence-corrected chi connectivity index (χ1v) is 7.55. The lowest BCUT2D eigenvalue weighted by atomic mass is 9.85. The average Bonchev–Trinajstić information content (AvgIpc) is 2.46. The van der Waals surface area contributed by atoms with E-state index in [-0.39, 0.29) is 12.4 Å². The van der Waals surface area contributed by atoms with Crippen LogP contribution in [0.3, 0.4) is 0 Å². The molecule has 1 aliphatic heterocycles. The fraction of sp³-hybridized carbons (Fsp3) is 0.412. The highest BCUT2D eigenvalue weighted by atomic mass is 35.5. The van der Waals surface area contributed by atoms with Crippen molar-refractivity contribution in [2.45, 2.75) is 38.1 Å². The van der Waals surface area contributed by atoms with E-state index in [1.54, 1.807) is 0 Å². The molecule has 3 nitrogen and oxygen atoms in total. The Morgan fingerprint density at radius 2 is 1.81 bits per heavy atom. The predicted octanol–water partition coefficient (Wildman–Crippen LogP) is 3.48. The van der Waals surface area contributed by atoms with E-state index in [1.807, 2.05) is 12.4 Å². The Hall–Kier alpha value is -1.45. The van der Waals surface area contributed by atoms with Crippen LogP contribution in [-0.4, -0.2) is 16.5 Å². The maximum Gasteiger partial charge on any atom is 0.131 e. The zero-order valence-electron chi connectivity index (χ0n) is 12.0. The molecule has 0 bridgehead atoms. The van der Waals surface area contributed by atoms with E-state index in [4.69, 9.17) is 0 Å². The molecule has 4 rings (SSSR count). The number of hydrogen-bond acceptors (Lipinski definition) is 3. The van der Waals surface area contributed by atoms with E-state index in [2.05, 4.69) is 33.5 Å². The summed E-state index contributed by atoms with van der Waals surface area (Å²) in [6.07, 6.45) is 8.93. The van der Waals surface area contributed by atoms with Crippen molar-refractivity contribution < 1.29 is 0 Å². The number of hydrogen-bond donors (Lipinski definition) is 1. The third kappa shape index (κ3) is 2.81. The Kier molecular flexibility index (Phi) is 4.22. The summed E-state index contributed by atoms with van der Waals surface area (Å²) in [6, 6.07) is 6.72. The lowest BCUT2D eigenvalue weighted by Gasteiger charge is -2.23. The zero-order chi connectivity index (χ0) is 13.4. The van der Waals surface area contributed by atoms with Crippen LogP contribution in [0.25, 0.3) is 11.1 Å². The Bertz CT molecular complexity index is 620. The summed E-state index contributed by atoms with van der Waals surface area (Å²) < 4.78 is 0. The summed E-state index contributed by atoms with van der Waals surface area (Å²) in [5, 5.41) is 3.41. The first-order valence-electron chi connectivity index (χ1n) is 7.55. The molecular formula is C17H20ClN3. The quantitative estimate of drug-likeness (QED) is 0.923. The van der Waals surface area contributed by atoms with Crippen molar-refractivity contribution in [3.63, 3.8) is 0 Å². The maximum absolute atomic E-state index is 4.57. The standard InChI is InChI=1S/C17H19N3.ClH/c1-2-12(3-1)17-19-10-16(11-20-17)13-4-5-15-9-18-7-6-14(15)8-13;/h4-5,8,10-12,18H,1-3,6-7,9H2;1H. The molecule has 0 spiro atoms. The highest BCUT2D eigenvalue weighted by Crippen LogP contribution is 2.34. The van der Waals surface area contributed by atoms with Gasteiger partial charge in [-0.2, -0.15) is 0 Å². The molecule has 1 N–H and O–H groups in total. The lowest BCUT2D eigenvalue weighted by molar-refractivity contribution is 0.401. The van der Waals surface area contributed by atoms with Gasteiger partial charge >= 0.3 is 0 Å². The molecule has 1 saturated carbocycles. The van der Waals surface area contributed by atoms with Crippen LogP contribution in [0, 0.1) is 0 Å². The van der Waals surface area contributed by atoms with Crippen molar-refractivity contribution in [3.8, 4) is 11.1 Å². The van der Waals surface area contributed by atoms with E-state index >= 15 is 0 Å². The number of nitrogens with one attached hydrogen (secondary N) is 1. The minimum Gasteiger partial charge on any atom is -0.312 e. The zero-order valence-corrected chi connectivity index (χ0v) is 12.8. The van der Waals surface area contributed by atoms with Gasteiger partial charge < -0.3 is 5.32 Å². The van der Waals surface area contributed by atoms with Crippen molar-refractivity contribution >= 4 is 12.4 Å². The molecule has 0 saturated heterocycles. The van der Waals surface area contributed by atoms with Crippen molar-refractivity contribution in [3.05, 3.63) is 47.5 Å². The fourth-order valence-electron chi connectivity index (χ4n) is 3.02. The second-order valence-corrected chi connectivity index (χ2v) is 5.87. The van der Waals surface area contributed by atoms with Crippen molar-refractivity contribution in [1.29, 1.82) is 0 Å². The molecule has 0 amide bonds. The number of rotatable bonds is 2. The summed E-state index contributed by atoms with van der Waals surface area (Å²) in [5.74, 6) is 1.64. The number of halogens is 1. The molecule has 110 valence electrons. The monoisotopic (exact) mass is 301 g/mol. The highest BCUT2D eigenvalue weighted by Gasteiger charge is 2.21. The molecule has 4 heteroatoms. The van der Waals surface area contributed by atoms with E-state index in [0.717, 1.165) is 30.9 Å². The average molecular weight is 302 g/mol. The van der Waals surface area contributed by atoms with Gasteiger partial charge in [0.15, 0.2) is 0 Å². The van der Waals surface area contributed by atoms with Gasteiger partial charge in [-0.15, -0.1) is 12.4 Å². The van der Waals surface area contributed by atoms with Crippen LogP contribution in [0.4, 0.5) is 0 Å². The van der Waals surface area contributed by atoms with Gasteiger partial charge in [-0.3, -0.25) is 0 Å². The summed E-state index contributed by atoms with van der Waals surface area (Å²) in [5.41, 5.74) is 5.26. The minimum absolute atomic E-state index is 0. The van der Waals surface area contributed by atoms with Crippen LogP contribution in [0.2, 0.25) is 0 Å². The van der Waals surface area contributed by atoms with Crippen LogP contribution in [0.5, 0.6) is 0 Å². The van der Waals surface area contributed by atoms with Gasteiger partial charge in [0.05, 0.1) is 0 Å². The Morgan fingerprint density at radius 3 is 2.52 bits per heavy atom. The van der Waals surface area contributed by atoms with E-state index in [0.29, 0.717) is 5.92 Å². The first-order chi connectivity index (χ1) is 9.90. The third-order valence-corrected chi connectivity index (χ3v) is 4.57. The topological polar surface area (TPSA) is 37.8 Å². The molecule has 2 aliphatic rings. The van der Waals surface area contributed by atoms with Gasteiger partial charge in [0.2, 0.25) is 0 Å². The Morgan fingerprint density at radius 1 is 1.00 bits per heavy atom. The molecule has 1 aromatic carbocycles. The van der Waals surface area contributed by atoms with Gasteiger partial charge in [-0.25, -0.2) is 9.97 Å². The largest absolute Gasteiger partial charge is 0.312 e. The highest BCUT2D eigenvalue weighted by molar-refractivity contribution is 5.85. The molecule has 1 aliphatic carbocycles. The van der Waals surface area contributed by atoms with Crippen molar-refractivity contribution in [2.75, 3.05) is 6.54 Å². The second-order valence-electron chi connectivity index (χ2n) is 5.87. The van der Waals surface area contributed by atoms with Crippen molar-refractivity contribution in [1.82, 2.24) is 15.3 Å². The Balaban J connectivity index is 0.00000132. The van der Waals surface area contributed by atoms with Crippen LogP contribution in [0.15, 0.2) is 30.6 Å². The minimum atomic E-state index is 0. The smallest absolute Gasteiger partial charge is 0.131 e. The molecular weight excluding hydrogens is 282 g/mol. The second kappa shape index (κ2) is 6.12. The maximum atomic E-state index is 4.57. The molecule has 2 aromatic rings. The first kappa shape index (κ1) is 14.5. The van der Waals surface area contributed by atoms with Crippen LogP contribution in [0.1, 0.15) is 42.1 Å². The SMILES string of the molecule is Cl.c1cc2c(cc1-c1cnc(C3CCC3)nc1)CCNC2. The molecule has 0 unspecified atom stereocenters. The summed E-state index contributed by atoms with van der Waals surface area (Å²) >= 11 is 0. The summed E-state index contributed by atoms with van der Waals surface area (Å²) in [6.45, 7) is 2.07. The number of benzene rings is 1. The van der Waals surface area contributed by atoms with E-state index in [9.17, 15) is 0 Å². The molecule has 0 atom stereocenters. The van der Waals surface area contributed by atoms with Gasteiger partial charge in [-0.05, 0) is 42.5 Å². The molecule has 21 heavy (non-hydrogen) atoms. The molecule has 0 radical (unpaired) electrons. The number of nitrogens with zero attached hydrogens (tertiary/aromatic N) is 2. The van der Waals surface area contributed by atoms with Crippen LogP contribution < -0.4 is 5.32 Å². The predicted molar refractivity (Wildman–Crippen MR) is 86.7 cm³/mol. The van der Waals surface area contributed by atoms with Gasteiger partial charge in [0.1, 0.15) is 5.82 Å². The van der Waals surface area contributed by atoms with Gasteiger partial charge in [-0.1, -0.05) is 24.6 Å². The number of aromatic nitrogens is 2. The van der Waals surface area contributed by atoms with Gasteiger partial charge in [0.25, 0.3) is 0 Å². The van der Waals surface area contributed by atoms with Crippen molar-refractivity contribution in [2.24, 2.45) is 0 Å². The fourth-order valence-corrected chi connectivity index (χ4v) is 3.02. The van der Waals surface area contributed by atoms with Crippen LogP contribution in [-0.2, 0) is 13.0 Å². The Labute approximate surface area is 131 Å². The summed E-state index contributed by atoms with van der Waals surface area (Å²) in [4.78, 5) is 9.13. The number of fused-ring (bicyclic) bond motifs is 1. The third-order valence-electron chi connectivity index (χ3n) is 4.57.